The number of hydrogen-bond acceptors (Lipinski definition) is 3. The van der Waals surface area contributed by atoms with Gasteiger partial charge in [0.15, 0.2) is 0 Å². The molecule has 3 rings (SSSR count). The summed E-state index contributed by atoms with van der Waals surface area (Å²) >= 11 is 5.61. The Bertz CT molecular complexity index is 808. The fourth-order valence-electron chi connectivity index (χ4n) is 2.12. The highest BCUT2D eigenvalue weighted by Crippen LogP contribution is 2.22. The van der Waals surface area contributed by atoms with E-state index in [2.05, 4.69) is 0 Å². The van der Waals surface area contributed by atoms with Crippen LogP contribution in [0, 0.1) is 0 Å². The van der Waals surface area contributed by atoms with Gasteiger partial charge in [-0.1, -0.05) is 12.1 Å². The minimum Gasteiger partial charge on any atom is -0.493 e. The Kier molecular flexibility index (Phi) is 3.61. The zero-order chi connectivity index (χ0) is 13.9. The molecule has 2 aromatic carbocycles. The van der Waals surface area contributed by atoms with Crippen molar-refractivity contribution >= 4 is 33.5 Å². The van der Waals surface area contributed by atoms with Gasteiger partial charge >= 0.3 is 0 Å². The van der Waals surface area contributed by atoms with Gasteiger partial charge in [0.2, 0.25) is 5.43 Å². The third kappa shape index (κ3) is 2.37. The molecule has 3 aromatic rings. The summed E-state index contributed by atoms with van der Waals surface area (Å²) < 4.78 is 11.3. The predicted molar refractivity (Wildman–Crippen MR) is 80.8 cm³/mol. The lowest BCUT2D eigenvalue weighted by atomic mass is 10.1. The Morgan fingerprint density at radius 3 is 2.70 bits per heavy atom. The Morgan fingerprint density at radius 2 is 1.85 bits per heavy atom. The molecule has 0 atom stereocenters. The molecule has 0 saturated heterocycles. The molecule has 20 heavy (non-hydrogen) atoms. The van der Waals surface area contributed by atoms with Crippen molar-refractivity contribution in [3.63, 3.8) is 0 Å². The van der Waals surface area contributed by atoms with Crippen LogP contribution in [0.5, 0.6) is 5.75 Å². The van der Waals surface area contributed by atoms with Gasteiger partial charge in [-0.15, -0.1) is 11.6 Å². The molecule has 0 amide bonds. The summed E-state index contributed by atoms with van der Waals surface area (Å²) in [7, 11) is 0. The topological polar surface area (TPSA) is 39.4 Å². The molecule has 0 N–H and O–H groups in total. The van der Waals surface area contributed by atoms with Gasteiger partial charge in [0, 0.05) is 11.9 Å². The summed E-state index contributed by atoms with van der Waals surface area (Å²) in [5.74, 6) is 1.24. The molecule has 4 heteroatoms. The van der Waals surface area contributed by atoms with Gasteiger partial charge in [-0.2, -0.15) is 0 Å². The van der Waals surface area contributed by atoms with E-state index in [1.165, 1.54) is 0 Å². The van der Waals surface area contributed by atoms with Crippen LogP contribution in [0.4, 0.5) is 0 Å². The first-order chi connectivity index (χ1) is 9.79. The highest BCUT2D eigenvalue weighted by Gasteiger charge is 2.08. The molecule has 0 fully saturated rings. The predicted octanol–water partition coefficient (Wildman–Crippen LogP) is 3.95. The Labute approximate surface area is 120 Å². The van der Waals surface area contributed by atoms with Crippen LogP contribution in [0.2, 0.25) is 0 Å². The van der Waals surface area contributed by atoms with Crippen molar-refractivity contribution in [1.29, 1.82) is 0 Å². The second-order valence-electron chi connectivity index (χ2n) is 4.48. The number of ether oxygens (including phenoxy) is 1. The molecule has 0 aliphatic carbocycles. The van der Waals surface area contributed by atoms with Crippen LogP contribution in [0.15, 0.2) is 51.7 Å². The molecule has 102 valence electrons. The minimum atomic E-state index is -0.0193. The molecular formula is C16H13ClO3. The molecule has 0 aliphatic rings. The number of halogens is 1. The molecule has 0 bridgehead atoms. The highest BCUT2D eigenvalue weighted by atomic mass is 35.5. The summed E-state index contributed by atoms with van der Waals surface area (Å²) in [6.07, 6.45) is 0.779. The van der Waals surface area contributed by atoms with E-state index in [1.807, 2.05) is 12.1 Å². The van der Waals surface area contributed by atoms with Crippen molar-refractivity contribution in [3.05, 3.63) is 52.7 Å². The van der Waals surface area contributed by atoms with Crippen molar-refractivity contribution in [2.45, 2.75) is 6.42 Å². The monoisotopic (exact) mass is 288 g/mol. The quantitative estimate of drug-likeness (QED) is 0.414. The molecule has 0 aliphatic heterocycles. The van der Waals surface area contributed by atoms with Crippen LogP contribution in [0.25, 0.3) is 21.9 Å². The van der Waals surface area contributed by atoms with Gasteiger partial charge in [-0.3, -0.25) is 4.79 Å². The van der Waals surface area contributed by atoms with Gasteiger partial charge < -0.3 is 9.15 Å². The molecule has 0 unspecified atom stereocenters. The first-order valence-corrected chi connectivity index (χ1v) is 6.97. The third-order valence-corrected chi connectivity index (χ3v) is 3.36. The summed E-state index contributed by atoms with van der Waals surface area (Å²) in [6.45, 7) is 0.548. The lowest BCUT2D eigenvalue weighted by molar-refractivity contribution is 0.318. The van der Waals surface area contributed by atoms with E-state index in [-0.39, 0.29) is 5.43 Å². The van der Waals surface area contributed by atoms with Crippen molar-refractivity contribution in [2.24, 2.45) is 0 Å². The fraction of sp³-hybridized carbons (Fsp3) is 0.188. The lowest BCUT2D eigenvalue weighted by Crippen LogP contribution is -2.02. The summed E-state index contributed by atoms with van der Waals surface area (Å²) in [6, 6.07) is 12.5. The van der Waals surface area contributed by atoms with Crippen LogP contribution >= 0.6 is 11.6 Å². The third-order valence-electron chi connectivity index (χ3n) is 3.10. The van der Waals surface area contributed by atoms with Crippen LogP contribution in [-0.2, 0) is 0 Å². The van der Waals surface area contributed by atoms with Gasteiger partial charge in [0.25, 0.3) is 0 Å². The smallest absolute Gasteiger partial charge is 0.200 e. The van der Waals surface area contributed by atoms with E-state index in [1.54, 1.807) is 30.3 Å². The van der Waals surface area contributed by atoms with Crippen LogP contribution in [0.1, 0.15) is 6.42 Å². The number of alkyl halides is 1. The van der Waals surface area contributed by atoms with E-state index in [0.717, 1.165) is 6.42 Å². The molecule has 0 spiro atoms. The van der Waals surface area contributed by atoms with Gasteiger partial charge in [-0.05, 0) is 30.7 Å². The average molecular weight is 289 g/mol. The molecule has 0 radical (unpaired) electrons. The van der Waals surface area contributed by atoms with Gasteiger partial charge in [0.05, 0.1) is 17.4 Å². The van der Waals surface area contributed by atoms with Crippen molar-refractivity contribution in [1.82, 2.24) is 0 Å². The van der Waals surface area contributed by atoms with Crippen molar-refractivity contribution < 1.29 is 9.15 Å². The van der Waals surface area contributed by atoms with E-state index in [4.69, 9.17) is 20.8 Å². The normalized spacial score (nSPS) is 11.1. The van der Waals surface area contributed by atoms with Crippen molar-refractivity contribution in [2.75, 3.05) is 12.5 Å². The second-order valence-corrected chi connectivity index (χ2v) is 4.85. The zero-order valence-electron chi connectivity index (χ0n) is 10.8. The number of rotatable bonds is 4. The molecule has 3 nitrogen and oxygen atoms in total. The average Bonchev–Trinajstić information content (AvgIpc) is 2.48. The Hall–Kier alpha value is -2.00. The molecule has 1 aromatic heterocycles. The molecule has 0 saturated carbocycles. The van der Waals surface area contributed by atoms with Gasteiger partial charge in [0.1, 0.15) is 16.9 Å². The largest absolute Gasteiger partial charge is 0.493 e. The van der Waals surface area contributed by atoms with Crippen LogP contribution in [0.3, 0.4) is 0 Å². The zero-order valence-corrected chi connectivity index (χ0v) is 11.5. The number of para-hydroxylation sites is 1. The summed E-state index contributed by atoms with van der Waals surface area (Å²) in [5, 5.41) is 1.16. The minimum absolute atomic E-state index is 0.0193. The Balaban J connectivity index is 2.10. The standard InChI is InChI=1S/C16H13ClO3/c17-8-3-9-19-11-6-7-13-15(10-11)20-14-5-2-1-4-12(14)16(13)18/h1-2,4-7,10H,3,8-9H2. The van der Waals surface area contributed by atoms with E-state index in [0.29, 0.717) is 40.2 Å². The van der Waals surface area contributed by atoms with Crippen LogP contribution in [-0.4, -0.2) is 12.5 Å². The van der Waals surface area contributed by atoms with E-state index in [9.17, 15) is 4.79 Å². The first-order valence-electron chi connectivity index (χ1n) is 6.44. The number of hydrogen-bond donors (Lipinski definition) is 0. The molecule has 1 heterocycles. The van der Waals surface area contributed by atoms with E-state index >= 15 is 0 Å². The Morgan fingerprint density at radius 1 is 1.05 bits per heavy atom. The SMILES string of the molecule is O=c1c2ccccc2oc2cc(OCCCCl)ccc12. The maximum Gasteiger partial charge on any atom is 0.200 e. The summed E-state index contributed by atoms with van der Waals surface area (Å²) in [5.41, 5.74) is 1.11. The maximum absolute atomic E-state index is 12.3. The fourth-order valence-corrected chi connectivity index (χ4v) is 2.22. The maximum atomic E-state index is 12.3. The van der Waals surface area contributed by atoms with Crippen molar-refractivity contribution in [3.8, 4) is 5.75 Å². The van der Waals surface area contributed by atoms with Crippen LogP contribution < -0.4 is 10.2 Å². The first kappa shape index (κ1) is 13.0. The van der Waals surface area contributed by atoms with E-state index < -0.39 is 0 Å². The summed E-state index contributed by atoms with van der Waals surface area (Å²) in [4.78, 5) is 12.3. The molecular weight excluding hydrogens is 276 g/mol. The number of benzene rings is 2. The second kappa shape index (κ2) is 5.55. The van der Waals surface area contributed by atoms with Gasteiger partial charge in [-0.25, -0.2) is 0 Å². The highest BCUT2D eigenvalue weighted by molar-refractivity contribution is 6.17. The lowest BCUT2D eigenvalue weighted by Gasteiger charge is -2.06. The number of fused-ring (bicyclic) bond motifs is 2.